The average Bonchev–Trinajstić information content (AvgIpc) is 2.66. The van der Waals surface area contributed by atoms with Crippen molar-refractivity contribution in [2.24, 2.45) is 0 Å². The van der Waals surface area contributed by atoms with Gasteiger partial charge in [-0.25, -0.2) is 8.42 Å². The van der Waals surface area contributed by atoms with Gasteiger partial charge in [0.15, 0.2) is 0 Å². The summed E-state index contributed by atoms with van der Waals surface area (Å²) in [6, 6.07) is 12.6. The van der Waals surface area contributed by atoms with E-state index in [1.54, 1.807) is 30.3 Å². The number of rotatable bonds is 10. The van der Waals surface area contributed by atoms with E-state index in [0.29, 0.717) is 30.2 Å². The summed E-state index contributed by atoms with van der Waals surface area (Å²) in [5.74, 6) is 0.363. The van der Waals surface area contributed by atoms with Gasteiger partial charge in [-0.15, -0.1) is 0 Å². The molecule has 0 atom stereocenters. The van der Waals surface area contributed by atoms with Gasteiger partial charge in [0, 0.05) is 17.8 Å². The Hall–Kier alpha value is -2.58. The third kappa shape index (κ3) is 6.26. The molecule has 7 nitrogen and oxygen atoms in total. The van der Waals surface area contributed by atoms with Crippen molar-refractivity contribution in [3.05, 3.63) is 54.1 Å². The van der Waals surface area contributed by atoms with E-state index in [-0.39, 0.29) is 10.8 Å². The largest absolute Gasteiger partial charge is 0.494 e. The first-order chi connectivity index (χ1) is 13.0. The van der Waals surface area contributed by atoms with Gasteiger partial charge in [0.05, 0.1) is 11.5 Å². The fourth-order valence-corrected chi connectivity index (χ4v) is 3.44. The lowest BCUT2D eigenvalue weighted by molar-refractivity contribution is 0.0953. The predicted octanol–water partition coefficient (Wildman–Crippen LogP) is 2.23. The minimum absolute atomic E-state index is 0.118. The topological polar surface area (TPSA) is 96.5 Å². The number of benzene rings is 2. The van der Waals surface area contributed by atoms with Crippen molar-refractivity contribution < 1.29 is 17.9 Å². The van der Waals surface area contributed by atoms with E-state index in [1.807, 2.05) is 14.0 Å². The molecule has 3 N–H and O–H groups in total. The molecule has 146 valence electrons. The fourth-order valence-electron chi connectivity index (χ4n) is 2.39. The van der Waals surface area contributed by atoms with Gasteiger partial charge in [-0.1, -0.05) is 6.07 Å². The van der Waals surface area contributed by atoms with Crippen LogP contribution in [0, 0.1) is 0 Å². The van der Waals surface area contributed by atoms with Crippen LogP contribution >= 0.6 is 0 Å². The van der Waals surface area contributed by atoms with Gasteiger partial charge in [-0.3, -0.25) is 9.52 Å². The molecule has 2 rings (SSSR count). The van der Waals surface area contributed by atoms with Crippen LogP contribution in [0.4, 0.5) is 5.69 Å². The minimum Gasteiger partial charge on any atom is -0.494 e. The van der Waals surface area contributed by atoms with Crippen LogP contribution in [0.5, 0.6) is 5.75 Å². The number of amides is 1. The predicted molar refractivity (Wildman–Crippen MR) is 106 cm³/mol. The lowest BCUT2D eigenvalue weighted by Crippen LogP contribution is -2.26. The highest BCUT2D eigenvalue weighted by molar-refractivity contribution is 7.92. The average molecular weight is 391 g/mol. The van der Waals surface area contributed by atoms with E-state index in [9.17, 15) is 13.2 Å². The molecule has 8 heteroatoms. The van der Waals surface area contributed by atoms with Crippen LogP contribution in [0.2, 0.25) is 0 Å². The van der Waals surface area contributed by atoms with E-state index in [1.165, 1.54) is 18.2 Å². The normalized spacial score (nSPS) is 11.0. The Bertz CT molecular complexity index is 852. The van der Waals surface area contributed by atoms with Crippen LogP contribution in [0.3, 0.4) is 0 Å². The molecule has 2 aromatic carbocycles. The van der Waals surface area contributed by atoms with E-state index in [2.05, 4.69) is 15.4 Å². The molecule has 0 saturated carbocycles. The second kappa shape index (κ2) is 9.94. The summed E-state index contributed by atoms with van der Waals surface area (Å²) in [6.45, 7) is 3.72. The molecule has 0 fully saturated rings. The van der Waals surface area contributed by atoms with E-state index in [4.69, 9.17) is 4.74 Å². The molecule has 2 aromatic rings. The third-order valence-electron chi connectivity index (χ3n) is 3.71. The highest BCUT2D eigenvalue weighted by atomic mass is 32.2. The van der Waals surface area contributed by atoms with Gasteiger partial charge in [0.2, 0.25) is 0 Å². The molecular weight excluding hydrogens is 366 g/mol. The third-order valence-corrected chi connectivity index (χ3v) is 5.11. The zero-order valence-electron chi connectivity index (χ0n) is 15.5. The summed E-state index contributed by atoms with van der Waals surface area (Å²) >= 11 is 0. The zero-order chi connectivity index (χ0) is 19.7. The molecule has 0 aliphatic carbocycles. The first-order valence-corrected chi connectivity index (χ1v) is 10.2. The van der Waals surface area contributed by atoms with Gasteiger partial charge in [0.25, 0.3) is 15.9 Å². The number of anilines is 1. The molecule has 0 heterocycles. The highest BCUT2D eigenvalue weighted by Gasteiger charge is 2.15. The van der Waals surface area contributed by atoms with Crippen LogP contribution in [0.15, 0.2) is 53.4 Å². The number of sulfonamides is 1. The summed E-state index contributed by atoms with van der Waals surface area (Å²) in [7, 11) is -1.91. The summed E-state index contributed by atoms with van der Waals surface area (Å²) in [5, 5.41) is 5.81. The Morgan fingerprint density at radius 2 is 1.81 bits per heavy atom. The summed E-state index contributed by atoms with van der Waals surface area (Å²) in [5.41, 5.74) is 0.720. The maximum Gasteiger partial charge on any atom is 0.261 e. The maximum atomic E-state index is 12.5. The van der Waals surface area contributed by atoms with Crippen molar-refractivity contribution in [3.63, 3.8) is 0 Å². The molecule has 1 amide bonds. The van der Waals surface area contributed by atoms with Crippen molar-refractivity contribution in [3.8, 4) is 5.75 Å². The van der Waals surface area contributed by atoms with Crippen LogP contribution < -0.4 is 20.1 Å². The molecule has 0 spiro atoms. The summed E-state index contributed by atoms with van der Waals surface area (Å²) < 4.78 is 32.9. The minimum atomic E-state index is -3.76. The number of hydrogen-bond donors (Lipinski definition) is 3. The second-order valence-electron chi connectivity index (χ2n) is 5.80. The smallest absolute Gasteiger partial charge is 0.261 e. The first-order valence-electron chi connectivity index (χ1n) is 8.75. The number of hydrogen-bond acceptors (Lipinski definition) is 5. The SMILES string of the molecule is CCOc1ccc(S(=O)(=O)Nc2cccc(C(=O)NCCCNC)c2)cc1. The molecule has 0 saturated heterocycles. The molecular formula is C19H25N3O4S. The molecule has 0 aromatic heterocycles. The summed E-state index contributed by atoms with van der Waals surface area (Å²) in [6.07, 6.45) is 0.812. The van der Waals surface area contributed by atoms with E-state index < -0.39 is 10.0 Å². The lowest BCUT2D eigenvalue weighted by Gasteiger charge is -2.11. The Balaban J connectivity index is 2.06. The Morgan fingerprint density at radius 1 is 1.07 bits per heavy atom. The number of ether oxygens (including phenoxy) is 1. The molecule has 0 radical (unpaired) electrons. The van der Waals surface area contributed by atoms with E-state index >= 15 is 0 Å². The van der Waals surface area contributed by atoms with Gasteiger partial charge in [-0.2, -0.15) is 0 Å². The molecule has 27 heavy (non-hydrogen) atoms. The Labute approximate surface area is 160 Å². The standard InChI is InChI=1S/C19H25N3O4S/c1-3-26-17-8-10-18(11-9-17)27(24,25)22-16-7-4-6-15(14-16)19(23)21-13-5-12-20-2/h4,6-11,14,20,22H,3,5,12-13H2,1-2H3,(H,21,23). The molecule has 0 bridgehead atoms. The summed E-state index contributed by atoms with van der Waals surface area (Å²) in [4.78, 5) is 12.3. The second-order valence-corrected chi connectivity index (χ2v) is 7.49. The quantitative estimate of drug-likeness (QED) is 0.540. The van der Waals surface area contributed by atoms with Crippen molar-refractivity contribution in [2.75, 3.05) is 31.5 Å². The Morgan fingerprint density at radius 3 is 2.48 bits per heavy atom. The highest BCUT2D eigenvalue weighted by Crippen LogP contribution is 2.20. The zero-order valence-corrected chi connectivity index (χ0v) is 16.3. The molecule has 0 aliphatic heterocycles. The Kier molecular flexibility index (Phi) is 7.63. The van der Waals surface area contributed by atoms with Crippen LogP contribution in [-0.2, 0) is 10.0 Å². The van der Waals surface area contributed by atoms with Crippen molar-refractivity contribution in [1.82, 2.24) is 10.6 Å². The van der Waals surface area contributed by atoms with Crippen molar-refractivity contribution in [1.29, 1.82) is 0 Å². The van der Waals surface area contributed by atoms with E-state index in [0.717, 1.165) is 13.0 Å². The van der Waals surface area contributed by atoms with Gasteiger partial charge in [0.1, 0.15) is 5.75 Å². The molecule has 0 aliphatic rings. The van der Waals surface area contributed by atoms with Gasteiger partial charge >= 0.3 is 0 Å². The van der Waals surface area contributed by atoms with Crippen LogP contribution in [0.1, 0.15) is 23.7 Å². The van der Waals surface area contributed by atoms with Crippen molar-refractivity contribution in [2.45, 2.75) is 18.2 Å². The van der Waals surface area contributed by atoms with Gasteiger partial charge < -0.3 is 15.4 Å². The maximum absolute atomic E-state index is 12.5. The number of carbonyl (C=O) groups excluding carboxylic acids is 1. The van der Waals surface area contributed by atoms with Gasteiger partial charge in [-0.05, 0) is 69.4 Å². The van der Waals surface area contributed by atoms with Crippen molar-refractivity contribution >= 4 is 21.6 Å². The van der Waals surface area contributed by atoms with Crippen LogP contribution in [0.25, 0.3) is 0 Å². The number of nitrogens with one attached hydrogen (secondary N) is 3. The monoisotopic (exact) mass is 391 g/mol. The first kappa shape index (κ1) is 20.7. The fraction of sp³-hybridized carbons (Fsp3) is 0.316. The molecule has 0 unspecified atom stereocenters. The lowest BCUT2D eigenvalue weighted by atomic mass is 10.2. The van der Waals surface area contributed by atoms with Crippen LogP contribution in [-0.4, -0.2) is 41.1 Å². The number of carbonyl (C=O) groups is 1.